The molecule has 6 nitrogen and oxygen atoms in total. The molecule has 1 saturated carbocycles. The molecule has 142 valence electrons. The first-order valence-electron chi connectivity index (χ1n) is 8.51. The lowest BCUT2D eigenvalue weighted by Gasteiger charge is -2.17. The van der Waals surface area contributed by atoms with Crippen LogP contribution in [0.4, 0.5) is 11.4 Å². The lowest BCUT2D eigenvalue weighted by Crippen LogP contribution is -2.35. The Bertz CT molecular complexity index is 894. The van der Waals surface area contributed by atoms with Crippen molar-refractivity contribution < 1.29 is 19.1 Å². The van der Waals surface area contributed by atoms with Crippen LogP contribution in [0.25, 0.3) is 0 Å². The molecule has 0 aromatic heterocycles. The maximum Gasteiger partial charge on any atom is 0.240 e. The molecule has 0 aliphatic heterocycles. The maximum absolute atomic E-state index is 12.8. The molecule has 2 amide bonds. The normalized spacial score (nSPS) is 14.2. The third kappa shape index (κ3) is 3.85. The van der Waals surface area contributed by atoms with Crippen LogP contribution in [0.15, 0.2) is 36.4 Å². The van der Waals surface area contributed by atoms with Crippen LogP contribution in [0.1, 0.15) is 18.4 Å². The minimum absolute atomic E-state index is 0.346. The van der Waals surface area contributed by atoms with Gasteiger partial charge < -0.3 is 20.1 Å². The van der Waals surface area contributed by atoms with Gasteiger partial charge in [-0.25, -0.2) is 0 Å². The number of anilines is 2. The van der Waals surface area contributed by atoms with E-state index in [1.807, 2.05) is 13.0 Å². The molecule has 1 aliphatic carbocycles. The molecule has 0 radical (unpaired) electrons. The quantitative estimate of drug-likeness (QED) is 0.732. The zero-order chi connectivity index (χ0) is 19.6. The van der Waals surface area contributed by atoms with E-state index in [1.165, 1.54) is 14.2 Å². The summed E-state index contributed by atoms with van der Waals surface area (Å²) in [6.07, 6.45) is 0.965. The number of amides is 2. The highest BCUT2D eigenvalue weighted by atomic mass is 35.5. The van der Waals surface area contributed by atoms with E-state index in [-0.39, 0.29) is 11.8 Å². The molecule has 0 bridgehead atoms. The lowest BCUT2D eigenvalue weighted by molar-refractivity contribution is -0.131. The summed E-state index contributed by atoms with van der Waals surface area (Å²) in [7, 11) is 3.05. The predicted molar refractivity (Wildman–Crippen MR) is 105 cm³/mol. The molecule has 2 N–H and O–H groups in total. The number of rotatable bonds is 6. The summed E-state index contributed by atoms with van der Waals surface area (Å²) in [5.74, 6) is 0.354. The number of carbonyl (C=O) groups excluding carboxylic acids is 2. The summed E-state index contributed by atoms with van der Waals surface area (Å²) in [5, 5.41) is 6.14. The SMILES string of the molecule is COc1ccc(OC)c(NC(=O)C2(C(=O)Nc3ccc(C)c(Cl)c3)CC2)c1. The molecule has 3 rings (SSSR count). The number of aryl methyl sites for hydroxylation is 1. The number of halogens is 1. The van der Waals surface area contributed by atoms with Crippen molar-refractivity contribution in [3.8, 4) is 11.5 Å². The van der Waals surface area contributed by atoms with Crippen LogP contribution >= 0.6 is 11.6 Å². The third-order valence-corrected chi connectivity index (χ3v) is 5.11. The monoisotopic (exact) mass is 388 g/mol. The number of hydrogen-bond acceptors (Lipinski definition) is 4. The van der Waals surface area contributed by atoms with Crippen molar-refractivity contribution >= 4 is 34.8 Å². The summed E-state index contributed by atoms with van der Waals surface area (Å²) in [6, 6.07) is 10.3. The Morgan fingerprint density at radius 2 is 1.70 bits per heavy atom. The van der Waals surface area contributed by atoms with Gasteiger partial charge in [0.25, 0.3) is 0 Å². The molecule has 0 atom stereocenters. The second kappa shape index (κ2) is 7.48. The van der Waals surface area contributed by atoms with E-state index in [1.54, 1.807) is 30.3 Å². The predicted octanol–water partition coefficient (Wildman–Crippen LogP) is 4.02. The molecule has 1 fully saturated rings. The van der Waals surface area contributed by atoms with Gasteiger partial charge in [-0.05, 0) is 49.6 Å². The fourth-order valence-corrected chi connectivity index (χ4v) is 2.94. The highest BCUT2D eigenvalue weighted by molar-refractivity contribution is 6.31. The third-order valence-electron chi connectivity index (χ3n) is 4.70. The lowest BCUT2D eigenvalue weighted by atomic mass is 10.0. The van der Waals surface area contributed by atoms with Crippen molar-refractivity contribution in [2.75, 3.05) is 24.9 Å². The van der Waals surface area contributed by atoms with Crippen LogP contribution in [0, 0.1) is 12.3 Å². The van der Waals surface area contributed by atoms with E-state index in [0.29, 0.717) is 40.7 Å². The molecular formula is C20H21ClN2O4. The van der Waals surface area contributed by atoms with Crippen molar-refractivity contribution in [2.45, 2.75) is 19.8 Å². The second-order valence-corrected chi connectivity index (χ2v) is 6.93. The highest BCUT2D eigenvalue weighted by Crippen LogP contribution is 2.48. The zero-order valence-electron chi connectivity index (χ0n) is 15.4. The Morgan fingerprint density at radius 3 is 2.30 bits per heavy atom. The highest BCUT2D eigenvalue weighted by Gasteiger charge is 2.56. The largest absolute Gasteiger partial charge is 0.497 e. The number of benzene rings is 2. The molecule has 2 aromatic carbocycles. The first-order valence-corrected chi connectivity index (χ1v) is 8.88. The first-order chi connectivity index (χ1) is 12.9. The van der Waals surface area contributed by atoms with Gasteiger partial charge in [0.2, 0.25) is 11.8 Å². The molecule has 7 heteroatoms. The van der Waals surface area contributed by atoms with Gasteiger partial charge >= 0.3 is 0 Å². The zero-order valence-corrected chi connectivity index (χ0v) is 16.1. The van der Waals surface area contributed by atoms with Gasteiger partial charge in [-0.15, -0.1) is 0 Å². The summed E-state index contributed by atoms with van der Waals surface area (Å²) >= 11 is 6.10. The van der Waals surface area contributed by atoms with E-state index >= 15 is 0 Å². The fraction of sp³-hybridized carbons (Fsp3) is 0.300. The molecule has 27 heavy (non-hydrogen) atoms. The molecule has 0 spiro atoms. The van der Waals surface area contributed by atoms with Crippen molar-refractivity contribution in [1.82, 2.24) is 0 Å². The van der Waals surface area contributed by atoms with E-state index in [4.69, 9.17) is 21.1 Å². The van der Waals surface area contributed by atoms with Gasteiger partial charge in [-0.2, -0.15) is 0 Å². The number of hydrogen-bond donors (Lipinski definition) is 2. The molecule has 1 aliphatic rings. The fourth-order valence-electron chi connectivity index (χ4n) is 2.76. The Kier molecular flexibility index (Phi) is 5.28. The van der Waals surface area contributed by atoms with Crippen LogP contribution in [-0.4, -0.2) is 26.0 Å². The van der Waals surface area contributed by atoms with Crippen LogP contribution in [0.2, 0.25) is 5.02 Å². The van der Waals surface area contributed by atoms with Gasteiger partial charge in [0.15, 0.2) is 0 Å². The Hall–Kier alpha value is -2.73. The standard InChI is InChI=1S/C20H21ClN2O4/c1-12-4-5-13(10-15(12)21)22-18(24)20(8-9-20)19(25)23-16-11-14(26-2)6-7-17(16)27-3/h4-7,10-11H,8-9H2,1-3H3,(H,22,24)(H,23,25). The Balaban J connectivity index is 1.76. The van der Waals surface area contributed by atoms with Crippen LogP contribution in [-0.2, 0) is 9.59 Å². The van der Waals surface area contributed by atoms with E-state index in [0.717, 1.165) is 5.56 Å². The molecular weight excluding hydrogens is 368 g/mol. The van der Waals surface area contributed by atoms with Gasteiger partial charge in [-0.3, -0.25) is 9.59 Å². The first kappa shape index (κ1) is 19.0. The topological polar surface area (TPSA) is 76.7 Å². The van der Waals surface area contributed by atoms with Crippen molar-refractivity contribution in [3.05, 3.63) is 47.0 Å². The number of ether oxygens (including phenoxy) is 2. The van der Waals surface area contributed by atoms with E-state index in [2.05, 4.69) is 10.6 Å². The summed E-state index contributed by atoms with van der Waals surface area (Å²) in [5.41, 5.74) is 0.845. The second-order valence-electron chi connectivity index (χ2n) is 6.52. The van der Waals surface area contributed by atoms with Crippen molar-refractivity contribution in [2.24, 2.45) is 5.41 Å². The van der Waals surface area contributed by atoms with E-state index in [9.17, 15) is 9.59 Å². The minimum atomic E-state index is -1.09. The minimum Gasteiger partial charge on any atom is -0.497 e. The van der Waals surface area contributed by atoms with Crippen LogP contribution < -0.4 is 20.1 Å². The summed E-state index contributed by atoms with van der Waals surface area (Å²) in [6.45, 7) is 1.88. The molecule has 0 heterocycles. The average molecular weight is 389 g/mol. The Morgan fingerprint density at radius 1 is 1.00 bits per heavy atom. The number of nitrogens with one attached hydrogen (secondary N) is 2. The molecule has 2 aromatic rings. The van der Waals surface area contributed by atoms with E-state index < -0.39 is 5.41 Å². The van der Waals surface area contributed by atoms with Crippen molar-refractivity contribution in [3.63, 3.8) is 0 Å². The molecule has 0 saturated heterocycles. The van der Waals surface area contributed by atoms with Gasteiger partial charge in [0.1, 0.15) is 16.9 Å². The average Bonchev–Trinajstić information content (AvgIpc) is 3.47. The molecule has 0 unspecified atom stereocenters. The Labute approximate surface area is 162 Å². The van der Waals surface area contributed by atoms with Crippen LogP contribution in [0.5, 0.6) is 11.5 Å². The summed E-state index contributed by atoms with van der Waals surface area (Å²) < 4.78 is 10.5. The smallest absolute Gasteiger partial charge is 0.240 e. The van der Waals surface area contributed by atoms with Crippen molar-refractivity contribution in [1.29, 1.82) is 0 Å². The number of methoxy groups -OCH3 is 2. The van der Waals surface area contributed by atoms with Crippen LogP contribution in [0.3, 0.4) is 0 Å². The van der Waals surface area contributed by atoms with Gasteiger partial charge in [0.05, 0.1) is 19.9 Å². The maximum atomic E-state index is 12.8. The van der Waals surface area contributed by atoms with Gasteiger partial charge in [-0.1, -0.05) is 17.7 Å². The number of carbonyl (C=O) groups is 2. The summed E-state index contributed by atoms with van der Waals surface area (Å²) in [4.78, 5) is 25.6. The van der Waals surface area contributed by atoms with Gasteiger partial charge in [0, 0.05) is 16.8 Å².